The number of benzene rings is 4. The van der Waals surface area contributed by atoms with Crippen LogP contribution in [-0.4, -0.2) is 17.9 Å². The third kappa shape index (κ3) is 10.0. The Balaban J connectivity index is 0.000000179. The topological polar surface area (TPSA) is 120 Å². The van der Waals surface area contributed by atoms with Gasteiger partial charge in [-0.15, -0.1) is 0 Å². The molecule has 0 aromatic heterocycles. The summed E-state index contributed by atoms with van der Waals surface area (Å²) in [6, 6.07) is 32.8. The number of carboxylic acid groups (broad SMARTS) is 3. The Morgan fingerprint density at radius 3 is 1.16 bits per heavy atom. The van der Waals surface area contributed by atoms with Crippen molar-refractivity contribution in [3.63, 3.8) is 0 Å². The molecule has 0 N–H and O–H groups in total. The zero-order chi connectivity index (χ0) is 27.9. The summed E-state index contributed by atoms with van der Waals surface area (Å²) in [4.78, 5) is 30.3. The van der Waals surface area contributed by atoms with E-state index in [-0.39, 0.29) is 16.7 Å². The third-order valence-corrected chi connectivity index (χ3v) is 6.37. The number of hydrogen-bond acceptors (Lipinski definition) is 6. The Bertz CT molecular complexity index is 1240. The molecule has 0 heterocycles. The second-order valence-electron chi connectivity index (χ2n) is 7.91. The van der Waals surface area contributed by atoms with Crippen molar-refractivity contribution in [1.82, 2.24) is 0 Å². The molecule has 0 amide bonds. The van der Waals surface area contributed by atoms with Gasteiger partial charge in [-0.1, -0.05) is 91.0 Å². The first kappa shape index (κ1) is 30.0. The van der Waals surface area contributed by atoms with Crippen LogP contribution < -0.4 is 15.3 Å². The van der Waals surface area contributed by atoms with E-state index in [1.807, 2.05) is 0 Å². The molecule has 0 saturated heterocycles. The minimum absolute atomic E-state index is 0.220. The molecule has 1 unspecified atom stereocenters. The Labute approximate surface area is 233 Å². The van der Waals surface area contributed by atoms with Gasteiger partial charge in [0.15, 0.2) is 0 Å². The number of carboxylic acids is 3. The van der Waals surface area contributed by atoms with Crippen LogP contribution in [0, 0.1) is 0 Å². The molecule has 7 heteroatoms. The molecule has 0 fully saturated rings. The largest absolute Gasteiger partial charge is 0.545 e. The van der Waals surface area contributed by atoms with Crippen LogP contribution >= 0.6 is 0 Å². The Morgan fingerprint density at radius 2 is 0.868 bits per heavy atom. The van der Waals surface area contributed by atoms with Gasteiger partial charge in [-0.05, 0) is 16.7 Å². The van der Waals surface area contributed by atoms with Gasteiger partial charge < -0.3 is 29.7 Å². The van der Waals surface area contributed by atoms with E-state index >= 15 is 0 Å². The van der Waals surface area contributed by atoms with E-state index in [9.17, 15) is 29.7 Å². The van der Waals surface area contributed by atoms with Crippen LogP contribution in [0.3, 0.4) is 0 Å². The van der Waals surface area contributed by atoms with E-state index in [0.717, 1.165) is 0 Å². The quantitative estimate of drug-likeness (QED) is 0.369. The van der Waals surface area contributed by atoms with Crippen molar-refractivity contribution >= 4 is 24.0 Å². The number of rotatable bonds is 3. The van der Waals surface area contributed by atoms with Gasteiger partial charge in [-0.2, -0.15) is 0 Å². The average molecular weight is 540 g/mol. The van der Waals surface area contributed by atoms with Gasteiger partial charge in [0.05, 0.1) is 17.9 Å². The minimum Gasteiger partial charge on any atom is -0.545 e. The number of carbonyl (C=O) groups is 3. The van der Waals surface area contributed by atoms with Crippen LogP contribution in [0.5, 0.6) is 0 Å². The maximum atomic E-state index is 10.1. The van der Waals surface area contributed by atoms with Crippen molar-refractivity contribution in [2.24, 2.45) is 0 Å². The fourth-order valence-corrected chi connectivity index (χ4v) is 3.74. The maximum Gasteiger partial charge on any atom is 0.0715 e. The monoisotopic (exact) mass is 540 g/mol. The third-order valence-electron chi connectivity index (χ3n) is 5.17. The average Bonchev–Trinajstić information content (AvgIpc) is 3.24. The van der Waals surface area contributed by atoms with Crippen LogP contribution in [0.15, 0.2) is 121 Å². The van der Waals surface area contributed by atoms with E-state index in [1.165, 1.54) is 53.1 Å². The summed E-state index contributed by atoms with van der Waals surface area (Å²) in [5, 5.41) is 30.3. The number of carbonyl (C=O) groups excluding carboxylic acids is 3. The molecule has 5 rings (SSSR count). The Hall–Kier alpha value is -4.26. The van der Waals surface area contributed by atoms with Crippen molar-refractivity contribution in [2.45, 2.75) is 11.1 Å². The SMILES string of the molecule is CC1=Cc2ccccc2[CH]1[Ti+3].O=C([O-])c1ccccc1.O=C([O-])c1ccccc1.O=C([O-])c1ccccc1. The van der Waals surface area contributed by atoms with E-state index in [0.29, 0.717) is 4.22 Å². The minimum atomic E-state index is -1.13. The van der Waals surface area contributed by atoms with Crippen molar-refractivity contribution in [1.29, 1.82) is 0 Å². The number of hydrogen-bond donors (Lipinski definition) is 0. The number of fused-ring (bicyclic) bond motifs is 1. The second kappa shape index (κ2) is 15.8. The van der Waals surface area contributed by atoms with Crippen LogP contribution in [0.25, 0.3) is 6.08 Å². The van der Waals surface area contributed by atoms with Gasteiger partial charge in [0.1, 0.15) is 0 Å². The normalized spacial score (nSPS) is 12.5. The van der Waals surface area contributed by atoms with Crippen molar-refractivity contribution < 1.29 is 50.1 Å². The molecule has 0 bridgehead atoms. The zero-order valence-corrected chi connectivity index (χ0v) is 22.1. The van der Waals surface area contributed by atoms with Gasteiger partial charge in [0, 0.05) is 0 Å². The van der Waals surface area contributed by atoms with E-state index in [1.54, 1.807) is 54.6 Å². The molecule has 1 aliphatic rings. The summed E-state index contributed by atoms with van der Waals surface area (Å²) in [6.45, 7) is 2.20. The molecule has 4 aromatic rings. The number of allylic oxidation sites excluding steroid dienone is 1. The Kier molecular flexibility index (Phi) is 12.4. The number of aromatic carboxylic acids is 3. The molecule has 6 nitrogen and oxygen atoms in total. The van der Waals surface area contributed by atoms with Crippen LogP contribution in [0.4, 0.5) is 0 Å². The predicted octanol–water partition coefficient (Wildman–Crippen LogP) is 2.84. The molecule has 0 spiro atoms. The van der Waals surface area contributed by atoms with E-state index in [2.05, 4.69) is 57.7 Å². The van der Waals surface area contributed by atoms with Gasteiger partial charge in [0.25, 0.3) is 0 Å². The van der Waals surface area contributed by atoms with Crippen LogP contribution in [-0.2, 0) is 20.4 Å². The van der Waals surface area contributed by atoms with Gasteiger partial charge in [0.2, 0.25) is 0 Å². The molecule has 1 aliphatic carbocycles. The molecular formula is C31H24O6Ti. The fourth-order valence-electron chi connectivity index (χ4n) is 3.20. The molecule has 1 atom stereocenters. The Morgan fingerprint density at radius 1 is 0.553 bits per heavy atom. The zero-order valence-electron chi connectivity index (χ0n) is 20.6. The molecular weight excluding hydrogens is 516 g/mol. The van der Waals surface area contributed by atoms with E-state index < -0.39 is 17.9 Å². The summed E-state index contributed by atoms with van der Waals surface area (Å²) in [7, 11) is 0. The molecule has 188 valence electrons. The van der Waals surface area contributed by atoms with Crippen molar-refractivity contribution in [3.05, 3.63) is 149 Å². The molecule has 0 aliphatic heterocycles. The summed E-state index contributed by atoms with van der Waals surface area (Å²) >= 11 is 2.26. The molecule has 4 aromatic carbocycles. The molecule has 0 saturated carbocycles. The second-order valence-corrected chi connectivity index (χ2v) is 8.81. The van der Waals surface area contributed by atoms with Gasteiger partial charge in [-0.3, -0.25) is 0 Å². The first-order valence-electron chi connectivity index (χ1n) is 11.5. The van der Waals surface area contributed by atoms with Gasteiger partial charge in [-0.25, -0.2) is 0 Å². The smallest absolute Gasteiger partial charge is 0.0715 e. The summed E-state index contributed by atoms with van der Waals surface area (Å²) in [5.41, 5.74) is 5.02. The first-order chi connectivity index (χ1) is 18.2. The van der Waals surface area contributed by atoms with E-state index in [4.69, 9.17) is 0 Å². The molecule has 0 radical (unpaired) electrons. The van der Waals surface area contributed by atoms with Crippen LogP contribution in [0.2, 0.25) is 0 Å². The first-order valence-corrected chi connectivity index (χ1v) is 12.4. The van der Waals surface area contributed by atoms with Crippen LogP contribution in [0.1, 0.15) is 53.3 Å². The maximum absolute atomic E-state index is 10.1. The summed E-state index contributed by atoms with van der Waals surface area (Å²) in [6.07, 6.45) is 2.28. The summed E-state index contributed by atoms with van der Waals surface area (Å²) in [5.74, 6) is -3.39. The van der Waals surface area contributed by atoms with Crippen molar-refractivity contribution in [2.75, 3.05) is 0 Å². The predicted molar refractivity (Wildman–Crippen MR) is 135 cm³/mol. The van der Waals surface area contributed by atoms with Gasteiger partial charge >= 0.3 is 78.6 Å². The standard InChI is InChI=1S/C10H9.3C7H6O2.Ti/c1-8-6-9-4-2-3-5-10(9)7-8;3*8-7(9)6-4-2-1-3-5-6;/h2-7H,1H3;3*1-5H,(H,8,9);/q;;;;+3/p-3. The summed E-state index contributed by atoms with van der Waals surface area (Å²) < 4.78 is 0.631. The van der Waals surface area contributed by atoms with Crippen molar-refractivity contribution in [3.8, 4) is 0 Å². The molecule has 38 heavy (non-hydrogen) atoms. The fraction of sp³-hybridized carbons (Fsp3) is 0.0645.